The van der Waals surface area contributed by atoms with Gasteiger partial charge in [-0.3, -0.25) is 23.8 Å². The van der Waals surface area contributed by atoms with Crippen LogP contribution in [0.5, 0.6) is 5.88 Å². The summed E-state index contributed by atoms with van der Waals surface area (Å²) in [7, 11) is 0. The molecule has 1 unspecified atom stereocenters. The summed E-state index contributed by atoms with van der Waals surface area (Å²) in [6.45, 7) is 9.53. The van der Waals surface area contributed by atoms with Gasteiger partial charge in [0, 0.05) is 37.4 Å². The number of pyridine rings is 1. The number of carbonyl (C=O) groups is 1. The van der Waals surface area contributed by atoms with Crippen LogP contribution in [0.3, 0.4) is 0 Å². The first-order chi connectivity index (χ1) is 19.7. The fourth-order valence-electron chi connectivity index (χ4n) is 5.51. The lowest BCUT2D eigenvalue weighted by Crippen LogP contribution is -2.36. The van der Waals surface area contributed by atoms with Crippen molar-refractivity contribution in [2.24, 2.45) is 5.92 Å². The third-order valence-electron chi connectivity index (χ3n) is 7.53. The minimum atomic E-state index is -0.644. The quantitative estimate of drug-likeness (QED) is 0.335. The van der Waals surface area contributed by atoms with E-state index in [4.69, 9.17) is 0 Å². The van der Waals surface area contributed by atoms with E-state index in [1.807, 2.05) is 38.2 Å². The van der Waals surface area contributed by atoms with Gasteiger partial charge in [0.1, 0.15) is 11.5 Å². The molecule has 0 radical (unpaired) electrons. The molecule has 10 heteroatoms. The van der Waals surface area contributed by atoms with Crippen molar-refractivity contribution >= 4 is 5.91 Å². The standard InChI is InChI=1S/C31H35FN6O3/c1-5-20-8-7-9-21(6-2)27(20)38-28(25-13-15-37(35-25)17-19(3)4)34-29(39)26(31(38)41)30(40)36-14-12-22(18-36)24-11-10-23(32)16-33-24/h7-11,13,15-16,19,22,39H,5-6,12,14,17-18H2,1-4H3. The van der Waals surface area contributed by atoms with E-state index >= 15 is 0 Å². The maximum absolute atomic E-state index is 14.3. The number of hydrogen-bond acceptors (Lipinski definition) is 6. The number of hydrogen-bond donors (Lipinski definition) is 1. The van der Waals surface area contributed by atoms with E-state index in [9.17, 15) is 19.1 Å². The summed E-state index contributed by atoms with van der Waals surface area (Å²) in [6, 6.07) is 10.6. The first-order valence-electron chi connectivity index (χ1n) is 14.1. The van der Waals surface area contributed by atoms with E-state index in [1.165, 1.54) is 15.5 Å². The molecule has 1 saturated heterocycles. The van der Waals surface area contributed by atoms with E-state index in [-0.39, 0.29) is 17.3 Å². The summed E-state index contributed by atoms with van der Waals surface area (Å²) in [4.78, 5) is 38.3. The summed E-state index contributed by atoms with van der Waals surface area (Å²) in [6.07, 6.45) is 4.89. The highest BCUT2D eigenvalue weighted by Crippen LogP contribution is 2.30. The largest absolute Gasteiger partial charge is 0.493 e. The number of rotatable bonds is 8. The highest BCUT2D eigenvalue weighted by molar-refractivity contribution is 5.96. The summed E-state index contributed by atoms with van der Waals surface area (Å²) in [5.74, 6) is -1.22. The molecule has 5 rings (SSSR count). The maximum Gasteiger partial charge on any atom is 0.275 e. The van der Waals surface area contributed by atoms with Crippen LogP contribution in [0, 0.1) is 11.7 Å². The first kappa shape index (κ1) is 28.2. The number of para-hydroxylation sites is 1. The van der Waals surface area contributed by atoms with Crippen molar-refractivity contribution in [1.29, 1.82) is 0 Å². The Balaban J connectivity index is 1.63. The number of halogens is 1. The zero-order valence-corrected chi connectivity index (χ0v) is 23.8. The number of amides is 1. The van der Waals surface area contributed by atoms with Gasteiger partial charge in [-0.15, -0.1) is 0 Å². The maximum atomic E-state index is 14.3. The zero-order valence-electron chi connectivity index (χ0n) is 23.8. The molecular formula is C31H35FN6O3. The van der Waals surface area contributed by atoms with Gasteiger partial charge in [-0.2, -0.15) is 10.1 Å². The van der Waals surface area contributed by atoms with Crippen LogP contribution in [0.25, 0.3) is 17.2 Å². The van der Waals surface area contributed by atoms with Crippen LogP contribution in [0.15, 0.2) is 53.6 Å². The average Bonchev–Trinajstić information content (AvgIpc) is 3.63. The molecule has 9 nitrogen and oxygen atoms in total. The van der Waals surface area contributed by atoms with Gasteiger partial charge < -0.3 is 10.0 Å². The van der Waals surface area contributed by atoms with E-state index in [0.29, 0.717) is 61.9 Å². The lowest BCUT2D eigenvalue weighted by molar-refractivity contribution is 0.0784. The van der Waals surface area contributed by atoms with Crippen molar-refractivity contribution in [2.45, 2.75) is 59.4 Å². The molecule has 0 spiro atoms. The Hall–Kier alpha value is -4.34. The number of nitrogens with zero attached hydrogens (tertiary/aromatic N) is 6. The van der Waals surface area contributed by atoms with Gasteiger partial charge >= 0.3 is 0 Å². The predicted molar refractivity (Wildman–Crippen MR) is 154 cm³/mol. The fraction of sp³-hybridized carbons (Fsp3) is 0.387. The van der Waals surface area contributed by atoms with Crippen LogP contribution < -0.4 is 5.56 Å². The molecule has 0 saturated carbocycles. The Kier molecular flexibility index (Phi) is 8.01. The van der Waals surface area contributed by atoms with Gasteiger partial charge in [0.2, 0.25) is 5.88 Å². The van der Waals surface area contributed by atoms with Crippen LogP contribution in [0.2, 0.25) is 0 Å². The molecule has 214 valence electrons. The number of aromatic nitrogens is 5. The Morgan fingerprint density at radius 1 is 1.12 bits per heavy atom. The Morgan fingerprint density at radius 2 is 1.85 bits per heavy atom. The second-order valence-electron chi connectivity index (χ2n) is 10.9. The molecule has 1 amide bonds. The summed E-state index contributed by atoms with van der Waals surface area (Å²) < 4.78 is 16.6. The SMILES string of the molecule is CCc1cccc(CC)c1-n1c(-c2ccn(CC(C)C)n2)nc(O)c(C(=O)N2CCC(c3ccc(F)cn3)C2)c1=O. The third kappa shape index (κ3) is 5.51. The van der Waals surface area contributed by atoms with Crippen molar-refractivity contribution in [2.75, 3.05) is 13.1 Å². The van der Waals surface area contributed by atoms with Crippen LogP contribution in [0.1, 0.15) is 67.2 Å². The second-order valence-corrected chi connectivity index (χ2v) is 10.9. The summed E-state index contributed by atoms with van der Waals surface area (Å²) in [5, 5.41) is 15.7. The molecular weight excluding hydrogens is 523 g/mol. The lowest BCUT2D eigenvalue weighted by Gasteiger charge is -2.21. The highest BCUT2D eigenvalue weighted by Gasteiger charge is 2.34. The van der Waals surface area contributed by atoms with E-state index in [0.717, 1.165) is 17.3 Å². The molecule has 4 heterocycles. The fourth-order valence-corrected chi connectivity index (χ4v) is 5.51. The number of aryl methyl sites for hydroxylation is 2. The molecule has 1 N–H and O–H groups in total. The highest BCUT2D eigenvalue weighted by atomic mass is 19.1. The van der Waals surface area contributed by atoms with Crippen molar-refractivity contribution in [3.8, 4) is 23.1 Å². The minimum Gasteiger partial charge on any atom is -0.493 e. The van der Waals surface area contributed by atoms with E-state index in [2.05, 4.69) is 28.9 Å². The van der Waals surface area contributed by atoms with Crippen LogP contribution in [-0.2, 0) is 19.4 Å². The molecule has 1 aromatic carbocycles. The Labute approximate surface area is 238 Å². The molecule has 0 bridgehead atoms. The number of likely N-dealkylation sites (tertiary alicyclic amines) is 1. The Bertz CT molecular complexity index is 1600. The van der Waals surface area contributed by atoms with Crippen molar-refractivity contribution < 1.29 is 14.3 Å². The lowest BCUT2D eigenvalue weighted by atomic mass is 10.0. The topological polar surface area (TPSA) is 106 Å². The van der Waals surface area contributed by atoms with Crippen molar-refractivity contribution in [1.82, 2.24) is 29.2 Å². The van der Waals surface area contributed by atoms with Gasteiger partial charge in [0.25, 0.3) is 11.5 Å². The number of carbonyl (C=O) groups excluding carboxylic acids is 1. The molecule has 1 aliphatic rings. The predicted octanol–water partition coefficient (Wildman–Crippen LogP) is 4.75. The van der Waals surface area contributed by atoms with Crippen molar-refractivity contribution in [3.05, 3.63) is 87.3 Å². The summed E-state index contributed by atoms with van der Waals surface area (Å²) >= 11 is 0. The van der Waals surface area contributed by atoms with Crippen LogP contribution >= 0.6 is 0 Å². The molecule has 3 aromatic heterocycles. The van der Waals surface area contributed by atoms with Gasteiger partial charge in [-0.1, -0.05) is 45.9 Å². The van der Waals surface area contributed by atoms with Gasteiger partial charge in [-0.25, -0.2) is 4.39 Å². The smallest absolute Gasteiger partial charge is 0.275 e. The second kappa shape index (κ2) is 11.6. The number of benzene rings is 1. The third-order valence-corrected chi connectivity index (χ3v) is 7.53. The van der Waals surface area contributed by atoms with Crippen LogP contribution in [-0.4, -0.2) is 53.3 Å². The monoisotopic (exact) mass is 558 g/mol. The molecule has 41 heavy (non-hydrogen) atoms. The molecule has 4 aromatic rings. The molecule has 1 fully saturated rings. The van der Waals surface area contributed by atoms with Gasteiger partial charge in [0.15, 0.2) is 11.4 Å². The number of aromatic hydroxyl groups is 1. The van der Waals surface area contributed by atoms with E-state index < -0.39 is 23.2 Å². The molecule has 1 atom stereocenters. The van der Waals surface area contributed by atoms with Crippen molar-refractivity contribution in [3.63, 3.8) is 0 Å². The van der Waals surface area contributed by atoms with Gasteiger partial charge in [0.05, 0.1) is 11.9 Å². The zero-order chi connectivity index (χ0) is 29.3. The Morgan fingerprint density at radius 3 is 2.49 bits per heavy atom. The average molecular weight is 559 g/mol. The molecule has 0 aliphatic carbocycles. The van der Waals surface area contributed by atoms with Crippen LogP contribution in [0.4, 0.5) is 4.39 Å². The normalized spacial score (nSPS) is 15.2. The first-order valence-corrected chi connectivity index (χ1v) is 14.1. The minimum absolute atomic E-state index is 0.103. The molecule has 1 aliphatic heterocycles. The van der Waals surface area contributed by atoms with Gasteiger partial charge in [-0.05, 0) is 54.5 Å². The van der Waals surface area contributed by atoms with E-state index in [1.54, 1.807) is 16.8 Å². The summed E-state index contributed by atoms with van der Waals surface area (Å²) in [5.41, 5.74) is 2.58.